The minimum Gasteiger partial charge on any atom is -0.269 e. The van der Waals surface area contributed by atoms with Crippen molar-refractivity contribution in [1.29, 1.82) is 0 Å². The molecule has 0 saturated carbocycles. The summed E-state index contributed by atoms with van der Waals surface area (Å²) in [5.41, 5.74) is -1.61. The molecule has 0 aliphatic rings. The zero-order valence-corrected chi connectivity index (χ0v) is 13.8. The molecule has 9 heteroatoms. The van der Waals surface area contributed by atoms with Crippen LogP contribution in [0.15, 0.2) is 64.4 Å². The minimum absolute atomic E-state index is 0.0115. The molecule has 0 amide bonds. The first-order valence-electron chi connectivity index (χ1n) is 7.37. The Kier molecular flexibility index (Phi) is 4.69. The number of benzene rings is 1. The number of hydrogen-bond acceptors (Lipinski definition) is 3. The maximum absolute atomic E-state index is 12.7. The van der Waals surface area contributed by atoms with Crippen LogP contribution in [-0.2, 0) is 12.7 Å². The molecule has 0 bridgehead atoms. The van der Waals surface area contributed by atoms with Gasteiger partial charge in [0.2, 0.25) is 0 Å². The number of halogens is 4. The van der Waals surface area contributed by atoms with E-state index in [2.05, 4.69) is 4.98 Å². The molecule has 26 heavy (non-hydrogen) atoms. The highest BCUT2D eigenvalue weighted by Gasteiger charge is 2.31. The molecule has 134 valence electrons. The minimum atomic E-state index is -4.60. The predicted octanol–water partition coefficient (Wildman–Crippen LogP) is 3.11. The van der Waals surface area contributed by atoms with Crippen LogP contribution < -0.4 is 11.2 Å². The van der Waals surface area contributed by atoms with Crippen molar-refractivity contribution in [3.05, 3.63) is 91.8 Å². The van der Waals surface area contributed by atoms with Crippen molar-refractivity contribution in [2.24, 2.45) is 0 Å². The highest BCUT2D eigenvalue weighted by atomic mass is 35.5. The van der Waals surface area contributed by atoms with E-state index >= 15 is 0 Å². The molecule has 0 fully saturated rings. The zero-order chi connectivity index (χ0) is 18.9. The first kappa shape index (κ1) is 17.9. The van der Waals surface area contributed by atoms with Gasteiger partial charge < -0.3 is 0 Å². The molecule has 0 aliphatic carbocycles. The number of pyridine rings is 1. The summed E-state index contributed by atoms with van der Waals surface area (Å²) in [5, 5.41) is -0.355. The quantitative estimate of drug-likeness (QED) is 0.700. The van der Waals surface area contributed by atoms with Gasteiger partial charge in [0.1, 0.15) is 0 Å². The van der Waals surface area contributed by atoms with E-state index in [-0.39, 0.29) is 17.4 Å². The molecule has 0 radical (unpaired) electrons. The van der Waals surface area contributed by atoms with Crippen molar-refractivity contribution in [2.45, 2.75) is 12.7 Å². The van der Waals surface area contributed by atoms with Crippen molar-refractivity contribution in [1.82, 2.24) is 14.1 Å². The van der Waals surface area contributed by atoms with Crippen LogP contribution >= 0.6 is 11.6 Å². The highest BCUT2D eigenvalue weighted by molar-refractivity contribution is 6.32. The highest BCUT2D eigenvalue weighted by Crippen LogP contribution is 2.31. The summed E-state index contributed by atoms with van der Waals surface area (Å²) in [6, 6.07) is 10.6. The Morgan fingerprint density at radius 2 is 1.77 bits per heavy atom. The molecule has 1 aromatic carbocycles. The molecule has 2 heterocycles. The third-order valence-corrected chi connectivity index (χ3v) is 3.91. The molecule has 5 nitrogen and oxygen atoms in total. The molecule has 3 rings (SSSR count). The lowest BCUT2D eigenvalue weighted by Crippen LogP contribution is -2.39. The lowest BCUT2D eigenvalue weighted by molar-refractivity contribution is -0.137. The standard InChI is InChI=1S/C17H11ClF3N3O2/c18-13-8-12(17(19,20)21)9-22-15(13)23-7-6-14(25)24(16(23)26)10-11-4-2-1-3-5-11/h1-9H,10H2. The fourth-order valence-electron chi connectivity index (χ4n) is 2.35. The van der Waals surface area contributed by atoms with Crippen LogP contribution in [0.3, 0.4) is 0 Å². The second-order valence-electron chi connectivity index (χ2n) is 5.41. The largest absolute Gasteiger partial charge is 0.417 e. The Morgan fingerprint density at radius 1 is 1.08 bits per heavy atom. The molecule has 0 spiro atoms. The van der Waals surface area contributed by atoms with Crippen LogP contribution in [0, 0.1) is 0 Å². The summed E-state index contributed by atoms with van der Waals surface area (Å²) in [4.78, 5) is 28.3. The van der Waals surface area contributed by atoms with Gasteiger partial charge in [0.05, 0.1) is 17.1 Å². The second-order valence-corrected chi connectivity index (χ2v) is 5.81. The molecule has 2 aromatic heterocycles. The van der Waals surface area contributed by atoms with Gasteiger partial charge in [-0.05, 0) is 11.6 Å². The van der Waals surface area contributed by atoms with Crippen molar-refractivity contribution in [3.8, 4) is 5.82 Å². The van der Waals surface area contributed by atoms with Gasteiger partial charge in [0, 0.05) is 18.5 Å². The van der Waals surface area contributed by atoms with Crippen molar-refractivity contribution < 1.29 is 13.2 Å². The van der Waals surface area contributed by atoms with Crippen molar-refractivity contribution in [3.63, 3.8) is 0 Å². The predicted molar refractivity (Wildman–Crippen MR) is 89.6 cm³/mol. The third kappa shape index (κ3) is 3.55. The Morgan fingerprint density at radius 3 is 2.38 bits per heavy atom. The van der Waals surface area contributed by atoms with Gasteiger partial charge in [-0.1, -0.05) is 41.9 Å². The summed E-state index contributed by atoms with van der Waals surface area (Å²) in [5.74, 6) is -0.188. The van der Waals surface area contributed by atoms with Crippen LogP contribution in [0.4, 0.5) is 13.2 Å². The van der Waals surface area contributed by atoms with E-state index in [0.29, 0.717) is 12.3 Å². The Bertz CT molecular complexity index is 1060. The first-order valence-corrected chi connectivity index (χ1v) is 7.75. The van der Waals surface area contributed by atoms with E-state index in [9.17, 15) is 22.8 Å². The lowest BCUT2D eigenvalue weighted by atomic mass is 10.2. The number of aromatic nitrogens is 3. The monoisotopic (exact) mass is 381 g/mol. The Labute approximate surface area is 149 Å². The van der Waals surface area contributed by atoms with Gasteiger partial charge in [-0.25, -0.2) is 9.78 Å². The van der Waals surface area contributed by atoms with Crippen LogP contribution in [0.5, 0.6) is 0 Å². The molecular formula is C17H11ClF3N3O2. The SMILES string of the molecule is O=c1ccn(-c2ncc(C(F)(F)F)cc2Cl)c(=O)n1Cc1ccccc1. The third-order valence-electron chi connectivity index (χ3n) is 3.63. The number of hydrogen-bond donors (Lipinski definition) is 0. The molecular weight excluding hydrogens is 371 g/mol. The second kappa shape index (κ2) is 6.80. The fourth-order valence-corrected chi connectivity index (χ4v) is 2.61. The van der Waals surface area contributed by atoms with Crippen LogP contribution in [0.25, 0.3) is 5.82 Å². The first-order chi connectivity index (χ1) is 12.3. The summed E-state index contributed by atoms with van der Waals surface area (Å²) in [6.07, 6.45) is -2.89. The van der Waals surface area contributed by atoms with Crippen LogP contribution in [0.2, 0.25) is 5.02 Å². The average Bonchev–Trinajstić information content (AvgIpc) is 2.59. The van der Waals surface area contributed by atoms with E-state index in [4.69, 9.17) is 11.6 Å². The van der Waals surface area contributed by atoms with Crippen LogP contribution in [-0.4, -0.2) is 14.1 Å². The molecule has 0 saturated heterocycles. The topological polar surface area (TPSA) is 56.9 Å². The van der Waals surface area contributed by atoms with E-state index in [1.807, 2.05) is 0 Å². The van der Waals surface area contributed by atoms with Gasteiger partial charge in [0.15, 0.2) is 5.82 Å². The fraction of sp³-hybridized carbons (Fsp3) is 0.118. The average molecular weight is 382 g/mol. The molecule has 3 aromatic rings. The van der Waals surface area contributed by atoms with Gasteiger partial charge in [-0.15, -0.1) is 0 Å². The van der Waals surface area contributed by atoms with Gasteiger partial charge >= 0.3 is 11.9 Å². The van der Waals surface area contributed by atoms with Gasteiger partial charge in [-0.2, -0.15) is 13.2 Å². The van der Waals surface area contributed by atoms with Crippen molar-refractivity contribution in [2.75, 3.05) is 0 Å². The van der Waals surface area contributed by atoms with E-state index in [1.54, 1.807) is 30.3 Å². The molecule has 0 unspecified atom stereocenters. The normalized spacial score (nSPS) is 11.5. The van der Waals surface area contributed by atoms with Crippen LogP contribution in [0.1, 0.15) is 11.1 Å². The number of nitrogens with zero attached hydrogens (tertiary/aromatic N) is 3. The Balaban J connectivity index is 2.09. The van der Waals surface area contributed by atoms with E-state index in [0.717, 1.165) is 27.0 Å². The molecule has 0 aliphatic heterocycles. The van der Waals surface area contributed by atoms with Gasteiger partial charge in [-0.3, -0.25) is 13.9 Å². The smallest absolute Gasteiger partial charge is 0.269 e. The maximum atomic E-state index is 12.7. The number of alkyl halides is 3. The maximum Gasteiger partial charge on any atom is 0.417 e. The van der Waals surface area contributed by atoms with E-state index < -0.39 is 23.0 Å². The lowest BCUT2D eigenvalue weighted by Gasteiger charge is -2.12. The summed E-state index contributed by atoms with van der Waals surface area (Å²) < 4.78 is 40.1. The summed E-state index contributed by atoms with van der Waals surface area (Å²) in [7, 11) is 0. The van der Waals surface area contributed by atoms with Crippen molar-refractivity contribution >= 4 is 11.6 Å². The summed E-state index contributed by atoms with van der Waals surface area (Å²) in [6.45, 7) is 0.0115. The Hall–Kier alpha value is -2.87. The zero-order valence-electron chi connectivity index (χ0n) is 13.1. The van der Waals surface area contributed by atoms with Gasteiger partial charge in [0.25, 0.3) is 5.56 Å². The molecule has 0 N–H and O–H groups in total. The summed E-state index contributed by atoms with van der Waals surface area (Å²) >= 11 is 5.88. The number of rotatable bonds is 3. The van der Waals surface area contributed by atoms with E-state index in [1.165, 1.54) is 0 Å². The molecule has 0 atom stereocenters.